The van der Waals surface area contributed by atoms with Crippen LogP contribution in [0.5, 0.6) is 5.75 Å². The number of ether oxygens (including phenoxy) is 1. The van der Waals surface area contributed by atoms with Gasteiger partial charge in [0, 0.05) is 24.6 Å². The average molecular weight is 399 g/mol. The lowest BCUT2D eigenvalue weighted by molar-refractivity contribution is -0.122. The summed E-state index contributed by atoms with van der Waals surface area (Å²) in [5, 5.41) is 4.67. The highest BCUT2D eigenvalue weighted by Crippen LogP contribution is 2.27. The van der Waals surface area contributed by atoms with Crippen LogP contribution >= 0.6 is 23.2 Å². The summed E-state index contributed by atoms with van der Waals surface area (Å²) in [6.45, 7) is 0.269. The van der Waals surface area contributed by atoms with E-state index in [1.807, 2.05) is 0 Å². The van der Waals surface area contributed by atoms with E-state index in [9.17, 15) is 14.4 Å². The van der Waals surface area contributed by atoms with Gasteiger partial charge in [-0.25, -0.2) is 4.68 Å². The third-order valence-corrected chi connectivity index (χ3v) is 3.74. The van der Waals surface area contributed by atoms with Gasteiger partial charge in [-0.1, -0.05) is 23.2 Å². The summed E-state index contributed by atoms with van der Waals surface area (Å²) in [7, 11) is 1.42. The van der Waals surface area contributed by atoms with E-state index in [1.54, 1.807) is 18.2 Å². The lowest BCUT2D eigenvalue weighted by atomic mass is 10.3. The first-order valence-corrected chi connectivity index (χ1v) is 8.34. The zero-order valence-electron chi connectivity index (χ0n) is 13.8. The van der Waals surface area contributed by atoms with Crippen molar-refractivity contribution >= 4 is 35.0 Å². The Morgan fingerprint density at radius 3 is 2.65 bits per heavy atom. The zero-order chi connectivity index (χ0) is 19.1. The molecule has 0 fully saturated rings. The Labute approximate surface area is 159 Å². The van der Waals surface area contributed by atoms with Gasteiger partial charge in [-0.3, -0.25) is 25.2 Å². The third-order valence-electron chi connectivity index (χ3n) is 3.21. The van der Waals surface area contributed by atoms with Crippen molar-refractivity contribution in [2.24, 2.45) is 7.05 Å². The van der Waals surface area contributed by atoms with Crippen molar-refractivity contribution in [3.8, 4) is 5.75 Å². The van der Waals surface area contributed by atoms with Crippen LogP contribution in [-0.2, 0) is 11.8 Å². The molecule has 0 aliphatic heterocycles. The van der Waals surface area contributed by atoms with Crippen LogP contribution in [0.25, 0.3) is 0 Å². The van der Waals surface area contributed by atoms with Crippen molar-refractivity contribution in [3.05, 3.63) is 56.4 Å². The predicted octanol–water partition coefficient (Wildman–Crippen LogP) is 1.71. The van der Waals surface area contributed by atoms with E-state index in [4.69, 9.17) is 27.9 Å². The number of hydrogen-bond acceptors (Lipinski definition) is 5. The van der Waals surface area contributed by atoms with E-state index in [0.29, 0.717) is 22.2 Å². The second-order valence-corrected chi connectivity index (χ2v) is 6.05. The largest absolute Gasteiger partial charge is 0.492 e. The number of hydrazine groups is 1. The molecule has 0 bridgehead atoms. The normalized spacial score (nSPS) is 10.3. The van der Waals surface area contributed by atoms with Crippen molar-refractivity contribution in [1.82, 2.24) is 20.6 Å². The molecule has 26 heavy (non-hydrogen) atoms. The molecule has 0 aliphatic carbocycles. The molecule has 138 valence electrons. The topological polar surface area (TPSA) is 102 Å². The van der Waals surface area contributed by atoms with Crippen molar-refractivity contribution in [3.63, 3.8) is 0 Å². The molecule has 0 saturated carbocycles. The van der Waals surface area contributed by atoms with E-state index in [1.165, 1.54) is 19.2 Å². The van der Waals surface area contributed by atoms with Gasteiger partial charge in [0.2, 0.25) is 5.91 Å². The number of rotatable bonds is 6. The Hall–Kier alpha value is -2.58. The first-order chi connectivity index (χ1) is 12.4. The molecule has 0 spiro atoms. The van der Waals surface area contributed by atoms with Crippen molar-refractivity contribution in [1.29, 1.82) is 0 Å². The fraction of sp³-hybridized carbons (Fsp3) is 0.250. The van der Waals surface area contributed by atoms with Crippen LogP contribution in [0.15, 0.2) is 35.1 Å². The second-order valence-electron chi connectivity index (χ2n) is 5.21. The molecule has 10 heteroatoms. The molecule has 0 saturated heterocycles. The Kier molecular flexibility index (Phi) is 6.99. The number of hydrogen-bond donors (Lipinski definition) is 2. The zero-order valence-corrected chi connectivity index (χ0v) is 15.3. The number of aromatic nitrogens is 2. The predicted molar refractivity (Wildman–Crippen MR) is 96.3 cm³/mol. The van der Waals surface area contributed by atoms with Gasteiger partial charge in [0.05, 0.1) is 11.6 Å². The number of carbonyl (C=O) groups excluding carboxylic acids is 2. The van der Waals surface area contributed by atoms with Gasteiger partial charge in [0.15, 0.2) is 5.69 Å². The average Bonchev–Trinajstić information content (AvgIpc) is 2.60. The smallest absolute Gasteiger partial charge is 0.290 e. The number of benzene rings is 1. The maximum absolute atomic E-state index is 11.8. The Balaban J connectivity index is 1.71. The molecule has 8 nitrogen and oxygen atoms in total. The number of aryl methyl sites for hydroxylation is 1. The van der Waals surface area contributed by atoms with Gasteiger partial charge < -0.3 is 4.74 Å². The first-order valence-electron chi connectivity index (χ1n) is 7.58. The lowest BCUT2D eigenvalue weighted by Crippen LogP contribution is -2.42. The molecular formula is C16H16Cl2N4O4. The van der Waals surface area contributed by atoms with Gasteiger partial charge >= 0.3 is 0 Å². The van der Waals surface area contributed by atoms with Crippen molar-refractivity contribution < 1.29 is 14.3 Å². The summed E-state index contributed by atoms with van der Waals surface area (Å²) in [5.74, 6) is -0.544. The fourth-order valence-electron chi connectivity index (χ4n) is 1.88. The highest BCUT2D eigenvalue weighted by atomic mass is 35.5. The lowest BCUT2D eigenvalue weighted by Gasteiger charge is -2.09. The number of nitrogens with zero attached hydrogens (tertiary/aromatic N) is 2. The van der Waals surface area contributed by atoms with Crippen molar-refractivity contribution in [2.45, 2.75) is 12.8 Å². The molecule has 0 radical (unpaired) electrons. The van der Waals surface area contributed by atoms with Crippen LogP contribution in [-0.4, -0.2) is 28.2 Å². The van der Waals surface area contributed by atoms with Gasteiger partial charge in [0.25, 0.3) is 11.5 Å². The molecule has 2 aromatic rings. The van der Waals surface area contributed by atoms with E-state index in [2.05, 4.69) is 16.0 Å². The standard InChI is InChI=1S/C16H16Cl2N4O4/c1-22-15(24)7-5-12(21-22)16(25)20-19-14(23)3-2-8-26-13-6-4-10(17)9-11(13)18/h4-7,9H,2-3,8H2,1H3,(H,19,23)(H,20,25). The Bertz CT molecular complexity index is 870. The molecule has 1 aromatic carbocycles. The summed E-state index contributed by atoms with van der Waals surface area (Å²) in [6.07, 6.45) is 0.547. The monoisotopic (exact) mass is 398 g/mol. The molecule has 1 aromatic heterocycles. The number of carbonyl (C=O) groups is 2. The number of halogens is 2. The minimum Gasteiger partial charge on any atom is -0.492 e. The minimum atomic E-state index is -0.627. The summed E-state index contributed by atoms with van der Waals surface area (Å²) in [6, 6.07) is 7.34. The molecule has 0 aliphatic rings. The van der Waals surface area contributed by atoms with E-state index in [0.717, 1.165) is 4.68 Å². The van der Waals surface area contributed by atoms with Gasteiger partial charge in [-0.05, 0) is 30.7 Å². The summed E-state index contributed by atoms with van der Waals surface area (Å²) in [5.41, 5.74) is 4.16. The van der Waals surface area contributed by atoms with Crippen LogP contribution < -0.4 is 21.1 Å². The third kappa shape index (κ3) is 5.75. The van der Waals surface area contributed by atoms with Crippen LogP contribution in [0.3, 0.4) is 0 Å². The molecule has 2 N–H and O–H groups in total. The molecule has 0 atom stereocenters. The molecule has 1 heterocycles. The van der Waals surface area contributed by atoms with E-state index < -0.39 is 11.8 Å². The number of amides is 2. The van der Waals surface area contributed by atoms with Gasteiger partial charge in [-0.15, -0.1) is 0 Å². The van der Waals surface area contributed by atoms with Gasteiger partial charge in [0.1, 0.15) is 5.75 Å². The second kappa shape index (κ2) is 9.21. The van der Waals surface area contributed by atoms with Gasteiger partial charge in [-0.2, -0.15) is 5.10 Å². The van der Waals surface area contributed by atoms with E-state index >= 15 is 0 Å². The van der Waals surface area contributed by atoms with Crippen LogP contribution in [0, 0.1) is 0 Å². The maximum Gasteiger partial charge on any atom is 0.290 e. The molecule has 0 unspecified atom stereocenters. The quantitative estimate of drug-likeness (QED) is 0.569. The molecular weight excluding hydrogens is 383 g/mol. The summed E-state index contributed by atoms with van der Waals surface area (Å²) < 4.78 is 6.48. The summed E-state index contributed by atoms with van der Waals surface area (Å²) in [4.78, 5) is 34.8. The molecule has 2 rings (SSSR count). The van der Waals surface area contributed by atoms with Crippen LogP contribution in [0.1, 0.15) is 23.3 Å². The maximum atomic E-state index is 11.8. The number of nitrogens with one attached hydrogen (secondary N) is 2. The Morgan fingerprint density at radius 2 is 1.96 bits per heavy atom. The summed E-state index contributed by atoms with van der Waals surface area (Å²) >= 11 is 11.8. The van der Waals surface area contributed by atoms with Crippen LogP contribution in [0.4, 0.5) is 0 Å². The van der Waals surface area contributed by atoms with Crippen LogP contribution in [0.2, 0.25) is 10.0 Å². The van der Waals surface area contributed by atoms with Crippen molar-refractivity contribution in [2.75, 3.05) is 6.61 Å². The van der Waals surface area contributed by atoms with E-state index in [-0.39, 0.29) is 24.3 Å². The highest BCUT2D eigenvalue weighted by Gasteiger charge is 2.10. The Morgan fingerprint density at radius 1 is 1.19 bits per heavy atom. The fourth-order valence-corrected chi connectivity index (χ4v) is 2.35. The highest BCUT2D eigenvalue weighted by molar-refractivity contribution is 6.35. The molecule has 2 amide bonds. The SMILES string of the molecule is Cn1nc(C(=O)NNC(=O)CCCOc2ccc(Cl)cc2Cl)ccc1=O. The first kappa shape index (κ1) is 19.7. The minimum absolute atomic E-state index is 0.00751.